The van der Waals surface area contributed by atoms with Gasteiger partial charge in [0.25, 0.3) is 0 Å². The Morgan fingerprint density at radius 1 is 1.41 bits per heavy atom. The maximum atomic E-state index is 11.3. The number of carbonyl (C=O) groups is 1. The van der Waals surface area contributed by atoms with Crippen molar-refractivity contribution in [1.82, 2.24) is 9.97 Å². The van der Waals surface area contributed by atoms with Crippen LogP contribution in [0.25, 0.3) is 0 Å². The summed E-state index contributed by atoms with van der Waals surface area (Å²) >= 11 is 0. The van der Waals surface area contributed by atoms with E-state index in [0.29, 0.717) is 5.95 Å². The van der Waals surface area contributed by atoms with E-state index in [1.54, 1.807) is 0 Å². The Hall–Kier alpha value is -1.85. The number of methoxy groups -OCH3 is 1. The normalized spacial score (nSPS) is 15.7. The summed E-state index contributed by atoms with van der Waals surface area (Å²) in [5, 5.41) is 0. The van der Waals surface area contributed by atoms with Gasteiger partial charge in [0.15, 0.2) is 0 Å². The highest BCUT2D eigenvalue weighted by Gasteiger charge is 2.17. The van der Waals surface area contributed by atoms with Crippen LogP contribution in [0.5, 0.6) is 0 Å². The summed E-state index contributed by atoms with van der Waals surface area (Å²) in [4.78, 5) is 21.7. The molecule has 0 amide bonds. The van der Waals surface area contributed by atoms with E-state index in [1.165, 1.54) is 19.7 Å². The smallest absolute Gasteiger partial charge is 0.343 e. The summed E-state index contributed by atoms with van der Waals surface area (Å²) < 4.78 is 4.59. The van der Waals surface area contributed by atoms with Gasteiger partial charge >= 0.3 is 5.97 Å². The lowest BCUT2D eigenvalue weighted by atomic mass is 10.1. The molecule has 1 aliphatic heterocycles. The molecular formula is C11H16N4O2. The third-order valence-corrected chi connectivity index (χ3v) is 2.85. The zero-order valence-corrected chi connectivity index (χ0v) is 9.85. The predicted octanol–water partition coefficient (Wildman–Crippen LogP) is 0.836. The van der Waals surface area contributed by atoms with Gasteiger partial charge in [-0.05, 0) is 19.3 Å². The summed E-state index contributed by atoms with van der Waals surface area (Å²) in [7, 11) is 1.31. The highest BCUT2D eigenvalue weighted by Crippen LogP contribution is 2.18. The number of hydrogen-bond acceptors (Lipinski definition) is 6. The fourth-order valence-electron chi connectivity index (χ4n) is 1.90. The molecule has 0 bridgehead atoms. The zero-order valence-electron chi connectivity index (χ0n) is 9.85. The quantitative estimate of drug-likeness (QED) is 0.766. The first kappa shape index (κ1) is 11.6. The molecule has 2 heterocycles. The molecule has 0 radical (unpaired) electrons. The molecule has 0 unspecified atom stereocenters. The van der Waals surface area contributed by atoms with Gasteiger partial charge in [-0.2, -0.15) is 4.98 Å². The molecule has 17 heavy (non-hydrogen) atoms. The molecule has 0 spiro atoms. The van der Waals surface area contributed by atoms with Gasteiger partial charge in [0.2, 0.25) is 5.95 Å². The molecule has 0 aliphatic carbocycles. The van der Waals surface area contributed by atoms with E-state index in [4.69, 9.17) is 5.73 Å². The largest absolute Gasteiger partial charge is 0.465 e. The van der Waals surface area contributed by atoms with Crippen LogP contribution in [0.3, 0.4) is 0 Å². The van der Waals surface area contributed by atoms with Crippen LogP contribution in [-0.4, -0.2) is 36.1 Å². The molecule has 2 N–H and O–H groups in total. The minimum Gasteiger partial charge on any atom is -0.465 e. The van der Waals surface area contributed by atoms with Crippen molar-refractivity contribution < 1.29 is 9.53 Å². The first-order valence-electron chi connectivity index (χ1n) is 5.68. The molecule has 1 aromatic heterocycles. The van der Waals surface area contributed by atoms with Gasteiger partial charge < -0.3 is 15.4 Å². The van der Waals surface area contributed by atoms with Gasteiger partial charge in [-0.1, -0.05) is 0 Å². The summed E-state index contributed by atoms with van der Waals surface area (Å²) in [5.41, 5.74) is 5.94. The molecule has 6 nitrogen and oxygen atoms in total. The van der Waals surface area contributed by atoms with Crippen LogP contribution in [0.2, 0.25) is 0 Å². The van der Waals surface area contributed by atoms with Crippen molar-refractivity contribution in [2.45, 2.75) is 19.3 Å². The van der Waals surface area contributed by atoms with Crippen LogP contribution in [0.15, 0.2) is 6.20 Å². The lowest BCUT2D eigenvalue weighted by molar-refractivity contribution is 0.0601. The summed E-state index contributed by atoms with van der Waals surface area (Å²) in [6.45, 7) is 1.88. The maximum Gasteiger partial charge on any atom is 0.343 e. The molecule has 92 valence electrons. The molecule has 2 rings (SSSR count). The Labute approximate surface area is 99.8 Å². The van der Waals surface area contributed by atoms with E-state index in [2.05, 4.69) is 19.6 Å². The van der Waals surface area contributed by atoms with Gasteiger partial charge in [-0.3, -0.25) is 0 Å². The molecule has 0 aromatic carbocycles. The molecule has 0 atom stereocenters. The van der Waals surface area contributed by atoms with E-state index in [1.807, 2.05) is 0 Å². The second-order valence-corrected chi connectivity index (χ2v) is 4.01. The van der Waals surface area contributed by atoms with Crippen LogP contribution < -0.4 is 10.6 Å². The third kappa shape index (κ3) is 2.46. The topological polar surface area (TPSA) is 81.3 Å². The minimum atomic E-state index is -0.507. The highest BCUT2D eigenvalue weighted by atomic mass is 16.5. The van der Waals surface area contributed by atoms with Gasteiger partial charge in [0, 0.05) is 19.3 Å². The predicted molar refractivity (Wildman–Crippen MR) is 63.8 cm³/mol. The average Bonchev–Trinajstić information content (AvgIpc) is 2.39. The lowest BCUT2D eigenvalue weighted by Crippen LogP contribution is -2.31. The monoisotopic (exact) mass is 236 g/mol. The lowest BCUT2D eigenvalue weighted by Gasteiger charge is -2.26. The second kappa shape index (κ2) is 4.99. The summed E-state index contributed by atoms with van der Waals surface area (Å²) in [6, 6.07) is 0. The number of esters is 1. The first-order chi connectivity index (χ1) is 8.22. The number of nitrogen functional groups attached to an aromatic ring is 1. The fourth-order valence-corrected chi connectivity index (χ4v) is 1.90. The third-order valence-electron chi connectivity index (χ3n) is 2.85. The molecular weight excluding hydrogens is 220 g/mol. The van der Waals surface area contributed by atoms with Crippen LogP contribution >= 0.6 is 0 Å². The van der Waals surface area contributed by atoms with E-state index in [0.717, 1.165) is 25.9 Å². The van der Waals surface area contributed by atoms with Crippen LogP contribution in [0, 0.1) is 0 Å². The van der Waals surface area contributed by atoms with Crippen molar-refractivity contribution in [1.29, 1.82) is 0 Å². The van der Waals surface area contributed by atoms with Crippen molar-refractivity contribution in [3.63, 3.8) is 0 Å². The number of anilines is 2. The number of nitrogens with two attached hydrogens (primary N) is 1. The van der Waals surface area contributed by atoms with Crippen molar-refractivity contribution in [2.75, 3.05) is 30.8 Å². The number of rotatable bonds is 2. The maximum absolute atomic E-state index is 11.3. The van der Waals surface area contributed by atoms with Crippen molar-refractivity contribution in [2.24, 2.45) is 0 Å². The van der Waals surface area contributed by atoms with Crippen molar-refractivity contribution >= 4 is 17.7 Å². The summed E-state index contributed by atoms with van der Waals surface area (Å²) in [6.07, 6.45) is 4.95. The van der Waals surface area contributed by atoms with Crippen LogP contribution in [0.1, 0.15) is 29.6 Å². The molecule has 0 saturated carbocycles. The van der Waals surface area contributed by atoms with Crippen LogP contribution in [-0.2, 0) is 4.74 Å². The number of aromatic nitrogens is 2. The van der Waals surface area contributed by atoms with Gasteiger partial charge in [0.1, 0.15) is 11.4 Å². The van der Waals surface area contributed by atoms with Gasteiger partial charge in [0.05, 0.1) is 7.11 Å². The number of hydrogen-bond donors (Lipinski definition) is 1. The fraction of sp³-hybridized carbons (Fsp3) is 0.545. The molecule has 6 heteroatoms. The Kier molecular flexibility index (Phi) is 3.41. The Bertz CT molecular complexity index is 416. The first-order valence-corrected chi connectivity index (χ1v) is 5.68. The Balaban J connectivity index is 2.20. The number of piperidine rings is 1. The van der Waals surface area contributed by atoms with Gasteiger partial charge in [-0.15, -0.1) is 0 Å². The zero-order chi connectivity index (χ0) is 12.3. The number of carbonyl (C=O) groups excluding carboxylic acids is 1. The average molecular weight is 236 g/mol. The Morgan fingerprint density at radius 3 is 2.71 bits per heavy atom. The van der Waals surface area contributed by atoms with Crippen LogP contribution in [0.4, 0.5) is 11.8 Å². The van der Waals surface area contributed by atoms with E-state index < -0.39 is 5.97 Å². The Morgan fingerprint density at radius 2 is 2.12 bits per heavy atom. The highest BCUT2D eigenvalue weighted by molar-refractivity contribution is 5.93. The molecule has 1 fully saturated rings. The molecule has 1 saturated heterocycles. The van der Waals surface area contributed by atoms with Gasteiger partial charge in [-0.25, -0.2) is 9.78 Å². The number of nitrogens with zero attached hydrogens (tertiary/aromatic N) is 3. The van der Waals surface area contributed by atoms with E-state index in [-0.39, 0.29) is 11.4 Å². The van der Waals surface area contributed by atoms with E-state index >= 15 is 0 Å². The summed E-state index contributed by atoms with van der Waals surface area (Å²) in [5.74, 6) is 0.259. The molecule has 1 aromatic rings. The van der Waals surface area contributed by atoms with E-state index in [9.17, 15) is 4.79 Å². The SMILES string of the molecule is COC(=O)c1cnc(N2CCCCC2)nc1N. The van der Waals surface area contributed by atoms with Crippen molar-refractivity contribution in [3.05, 3.63) is 11.8 Å². The minimum absolute atomic E-state index is 0.174. The number of ether oxygens (including phenoxy) is 1. The standard InChI is InChI=1S/C11H16N4O2/c1-17-10(16)8-7-13-11(14-9(8)12)15-5-3-2-4-6-15/h7H,2-6H2,1H3,(H2,12,13,14). The second-order valence-electron chi connectivity index (χ2n) is 4.01. The van der Waals surface area contributed by atoms with Crippen molar-refractivity contribution in [3.8, 4) is 0 Å². The molecule has 1 aliphatic rings.